The third kappa shape index (κ3) is 3.22. The third-order valence-electron chi connectivity index (χ3n) is 2.04. The molecule has 0 bridgehead atoms. The van der Waals surface area contributed by atoms with Crippen molar-refractivity contribution in [3.63, 3.8) is 0 Å². The highest BCUT2D eigenvalue weighted by Crippen LogP contribution is 2.28. The number of nitrogens with zero attached hydrogens (tertiary/aromatic N) is 1. The molecule has 3 N–H and O–H groups in total. The number of nitro groups is 1. The van der Waals surface area contributed by atoms with Gasteiger partial charge in [-0.15, -0.1) is 19.0 Å². The predicted octanol–water partition coefficient (Wildman–Crippen LogP) is 2.30. The molecule has 1 atom stereocenters. The molecule has 0 heterocycles. The molecule has 1 aromatic carbocycles. The summed E-state index contributed by atoms with van der Waals surface area (Å²) >= 11 is 0. The summed E-state index contributed by atoms with van der Waals surface area (Å²) in [7, 11) is 0. The maximum atomic E-state index is 10.5. The number of nitrogens with two attached hydrogens (primary N) is 1. The maximum absolute atomic E-state index is 10.5. The smallest absolute Gasteiger partial charge is 0.270 e. The van der Waals surface area contributed by atoms with Crippen molar-refractivity contribution < 1.29 is 10.0 Å². The molecule has 0 radical (unpaired) electrons. The molecule has 5 nitrogen and oxygen atoms in total. The Bertz CT molecular complexity index is 396. The van der Waals surface area contributed by atoms with E-state index in [2.05, 4.69) is 6.58 Å². The van der Waals surface area contributed by atoms with E-state index in [1.165, 1.54) is 18.2 Å². The number of phenols is 1. The van der Waals surface area contributed by atoms with Crippen LogP contribution >= 0.6 is 12.4 Å². The second kappa shape index (κ2) is 6.09. The van der Waals surface area contributed by atoms with Crippen LogP contribution in [0.2, 0.25) is 0 Å². The van der Waals surface area contributed by atoms with Crippen molar-refractivity contribution in [1.29, 1.82) is 0 Å². The molecule has 0 unspecified atom stereocenters. The fourth-order valence-corrected chi connectivity index (χ4v) is 1.26. The topological polar surface area (TPSA) is 89.4 Å². The lowest BCUT2D eigenvalue weighted by Gasteiger charge is -2.10. The quantitative estimate of drug-likeness (QED) is 0.483. The van der Waals surface area contributed by atoms with Gasteiger partial charge in [0.1, 0.15) is 5.75 Å². The Balaban J connectivity index is 0.00000225. The maximum Gasteiger partial charge on any atom is 0.270 e. The van der Waals surface area contributed by atoms with E-state index in [0.29, 0.717) is 12.0 Å². The van der Waals surface area contributed by atoms with Crippen LogP contribution in [0.15, 0.2) is 30.9 Å². The van der Waals surface area contributed by atoms with E-state index >= 15 is 0 Å². The first-order valence-electron chi connectivity index (χ1n) is 4.40. The summed E-state index contributed by atoms with van der Waals surface area (Å²) in [6, 6.07) is 3.32. The zero-order chi connectivity index (χ0) is 11.4. The fourth-order valence-electron chi connectivity index (χ4n) is 1.26. The first-order chi connectivity index (χ1) is 7.06. The Kier molecular flexibility index (Phi) is 5.49. The second-order valence-electron chi connectivity index (χ2n) is 3.13. The standard InChI is InChI=1S/C10H12N2O3.ClH/c1-2-3-9(11)8-6-7(12(14)15)4-5-10(8)13;/h2,4-6,9,13H,1,3,11H2;1H/t9-;/m0./s1. The molecule has 0 aromatic heterocycles. The summed E-state index contributed by atoms with van der Waals surface area (Å²) in [6.45, 7) is 3.52. The summed E-state index contributed by atoms with van der Waals surface area (Å²) in [5, 5.41) is 20.0. The van der Waals surface area contributed by atoms with Crippen molar-refractivity contribution in [1.82, 2.24) is 0 Å². The Morgan fingerprint density at radius 1 is 1.62 bits per heavy atom. The SMILES string of the molecule is C=CC[C@H](N)c1cc([N+](=O)[O-])ccc1O.Cl. The number of halogens is 1. The molecule has 0 aliphatic carbocycles. The van der Waals surface area contributed by atoms with E-state index in [-0.39, 0.29) is 23.8 Å². The highest BCUT2D eigenvalue weighted by molar-refractivity contribution is 5.85. The van der Waals surface area contributed by atoms with Crippen LogP contribution < -0.4 is 5.73 Å². The van der Waals surface area contributed by atoms with E-state index in [9.17, 15) is 15.2 Å². The summed E-state index contributed by atoms with van der Waals surface area (Å²) < 4.78 is 0. The minimum absolute atomic E-state index is 0. The first-order valence-corrected chi connectivity index (χ1v) is 4.40. The van der Waals surface area contributed by atoms with Gasteiger partial charge >= 0.3 is 0 Å². The lowest BCUT2D eigenvalue weighted by molar-refractivity contribution is -0.385. The van der Waals surface area contributed by atoms with Crippen molar-refractivity contribution in [2.24, 2.45) is 5.73 Å². The minimum Gasteiger partial charge on any atom is -0.508 e. The molecule has 1 rings (SSSR count). The third-order valence-corrected chi connectivity index (χ3v) is 2.04. The number of non-ortho nitro benzene ring substituents is 1. The molecule has 0 spiro atoms. The predicted molar refractivity (Wildman–Crippen MR) is 63.8 cm³/mol. The van der Waals surface area contributed by atoms with Gasteiger partial charge in [-0.3, -0.25) is 10.1 Å². The second-order valence-corrected chi connectivity index (χ2v) is 3.13. The van der Waals surface area contributed by atoms with E-state index in [0.717, 1.165) is 0 Å². The van der Waals surface area contributed by atoms with Gasteiger partial charge in [-0.2, -0.15) is 0 Å². The van der Waals surface area contributed by atoms with Crippen LogP contribution in [-0.2, 0) is 0 Å². The fraction of sp³-hybridized carbons (Fsp3) is 0.200. The van der Waals surface area contributed by atoms with Crippen LogP contribution in [0.25, 0.3) is 0 Å². The lowest BCUT2D eigenvalue weighted by atomic mass is 10.0. The van der Waals surface area contributed by atoms with Crippen LogP contribution in [0.5, 0.6) is 5.75 Å². The Labute approximate surface area is 99.1 Å². The van der Waals surface area contributed by atoms with Crippen LogP contribution in [0.1, 0.15) is 18.0 Å². The van der Waals surface area contributed by atoms with Crippen LogP contribution in [0.3, 0.4) is 0 Å². The molecule has 0 amide bonds. The zero-order valence-corrected chi connectivity index (χ0v) is 9.31. The van der Waals surface area contributed by atoms with Crippen LogP contribution in [0.4, 0.5) is 5.69 Å². The van der Waals surface area contributed by atoms with Crippen LogP contribution in [-0.4, -0.2) is 10.0 Å². The number of rotatable bonds is 4. The van der Waals surface area contributed by atoms with E-state index in [1.807, 2.05) is 0 Å². The monoisotopic (exact) mass is 244 g/mol. The Morgan fingerprint density at radius 3 is 2.75 bits per heavy atom. The Hall–Kier alpha value is -1.59. The number of nitro benzene ring substituents is 1. The van der Waals surface area contributed by atoms with Gasteiger partial charge in [-0.25, -0.2) is 0 Å². The van der Waals surface area contributed by atoms with Crippen molar-refractivity contribution in [2.75, 3.05) is 0 Å². The molecule has 0 saturated heterocycles. The van der Waals surface area contributed by atoms with E-state index in [4.69, 9.17) is 5.73 Å². The molecule has 0 saturated carbocycles. The van der Waals surface area contributed by atoms with Gasteiger partial charge in [0.05, 0.1) is 4.92 Å². The highest BCUT2D eigenvalue weighted by atomic mass is 35.5. The molecular formula is C10H13ClN2O3. The average molecular weight is 245 g/mol. The zero-order valence-electron chi connectivity index (χ0n) is 8.50. The van der Waals surface area contributed by atoms with E-state index in [1.54, 1.807) is 6.08 Å². The summed E-state index contributed by atoms with van der Waals surface area (Å²) in [4.78, 5) is 9.98. The lowest BCUT2D eigenvalue weighted by Crippen LogP contribution is -2.09. The first kappa shape index (κ1) is 14.4. The van der Waals surface area contributed by atoms with Gasteiger partial charge in [0.25, 0.3) is 5.69 Å². The van der Waals surface area contributed by atoms with Crippen molar-refractivity contribution in [3.8, 4) is 5.75 Å². The number of hydrogen-bond acceptors (Lipinski definition) is 4. The van der Waals surface area contributed by atoms with Gasteiger partial charge in [0, 0.05) is 23.7 Å². The molecule has 0 aliphatic rings. The average Bonchev–Trinajstić information content (AvgIpc) is 2.18. The molecule has 0 aliphatic heterocycles. The number of phenolic OH excluding ortho intramolecular Hbond substituents is 1. The van der Waals surface area contributed by atoms with Crippen molar-refractivity contribution >= 4 is 18.1 Å². The van der Waals surface area contributed by atoms with Gasteiger partial charge in [-0.1, -0.05) is 6.08 Å². The van der Waals surface area contributed by atoms with Gasteiger partial charge in [-0.05, 0) is 12.5 Å². The molecule has 16 heavy (non-hydrogen) atoms. The van der Waals surface area contributed by atoms with Crippen molar-refractivity contribution in [2.45, 2.75) is 12.5 Å². The molecule has 1 aromatic rings. The largest absolute Gasteiger partial charge is 0.508 e. The molecule has 6 heteroatoms. The Morgan fingerprint density at radius 2 is 2.25 bits per heavy atom. The van der Waals surface area contributed by atoms with Gasteiger partial charge in [0.15, 0.2) is 0 Å². The number of aromatic hydroxyl groups is 1. The number of benzene rings is 1. The minimum atomic E-state index is -0.524. The van der Waals surface area contributed by atoms with E-state index < -0.39 is 11.0 Å². The van der Waals surface area contributed by atoms with Crippen LogP contribution in [0, 0.1) is 10.1 Å². The van der Waals surface area contributed by atoms with Gasteiger partial charge in [0.2, 0.25) is 0 Å². The van der Waals surface area contributed by atoms with Gasteiger partial charge < -0.3 is 10.8 Å². The molecule has 0 fully saturated rings. The summed E-state index contributed by atoms with van der Waals surface area (Å²) in [5.74, 6) is -0.0325. The molecular weight excluding hydrogens is 232 g/mol. The highest BCUT2D eigenvalue weighted by Gasteiger charge is 2.14. The summed E-state index contributed by atoms with van der Waals surface area (Å²) in [6.07, 6.45) is 2.05. The van der Waals surface area contributed by atoms with Crippen molar-refractivity contribution in [3.05, 3.63) is 46.5 Å². The number of hydrogen-bond donors (Lipinski definition) is 2. The summed E-state index contributed by atoms with van der Waals surface area (Å²) in [5.41, 5.74) is 6.01. The normalized spacial score (nSPS) is 11.3. The molecule has 88 valence electrons.